The van der Waals surface area contributed by atoms with Crippen molar-refractivity contribution in [2.75, 3.05) is 4.90 Å². The largest absolute Gasteiger partial charge is 0.310 e. The lowest BCUT2D eigenvalue weighted by Crippen LogP contribution is -2.18. The molecule has 0 spiro atoms. The standard InChI is InChI=1S/C50H49N/c1-50(2)46-32-40(28-29-43(46)44-20-11-19-42(49(44)50)35-14-7-4-8-15-35)51(39-26-24-36(25-27-39)45-31-33-22-23-38(45)30-33)47-21-10-17-37-16-9-18-41(48(37)47)34-12-5-3-6-13-34/h4,7-11,14-21,24-29,32-34,38,45H,3,5-6,12-13,22-23,30-31H2,1-2H3. The maximum absolute atomic E-state index is 2.59. The molecule has 3 atom stereocenters. The van der Waals surface area contributed by atoms with Gasteiger partial charge in [-0.3, -0.25) is 0 Å². The summed E-state index contributed by atoms with van der Waals surface area (Å²) < 4.78 is 0. The summed E-state index contributed by atoms with van der Waals surface area (Å²) >= 11 is 0. The van der Waals surface area contributed by atoms with Gasteiger partial charge >= 0.3 is 0 Å². The predicted molar refractivity (Wildman–Crippen MR) is 216 cm³/mol. The highest BCUT2D eigenvalue weighted by molar-refractivity contribution is 6.02. The van der Waals surface area contributed by atoms with E-state index in [1.165, 1.54) is 125 Å². The van der Waals surface area contributed by atoms with Crippen molar-refractivity contribution in [2.45, 2.75) is 88.9 Å². The van der Waals surface area contributed by atoms with Crippen molar-refractivity contribution in [1.82, 2.24) is 0 Å². The molecule has 51 heavy (non-hydrogen) atoms. The molecule has 4 aliphatic rings. The molecule has 254 valence electrons. The Kier molecular flexibility index (Phi) is 7.49. The van der Waals surface area contributed by atoms with Crippen LogP contribution in [0.25, 0.3) is 33.0 Å². The summed E-state index contributed by atoms with van der Waals surface area (Å²) in [5.41, 5.74) is 15.0. The Balaban J connectivity index is 1.14. The third-order valence-corrected chi connectivity index (χ3v) is 13.5. The van der Waals surface area contributed by atoms with Crippen molar-refractivity contribution in [3.63, 3.8) is 0 Å². The van der Waals surface area contributed by atoms with Gasteiger partial charge in [-0.15, -0.1) is 0 Å². The molecule has 6 aromatic rings. The van der Waals surface area contributed by atoms with E-state index in [1.54, 1.807) is 5.56 Å². The molecule has 0 aromatic heterocycles. The molecule has 0 N–H and O–H groups in total. The second-order valence-electron chi connectivity index (χ2n) is 16.7. The van der Waals surface area contributed by atoms with Gasteiger partial charge in [0.25, 0.3) is 0 Å². The monoisotopic (exact) mass is 663 g/mol. The fraction of sp³-hybridized carbons (Fsp3) is 0.320. The quantitative estimate of drug-likeness (QED) is 0.171. The number of rotatable bonds is 6. The average molecular weight is 664 g/mol. The first-order valence-corrected chi connectivity index (χ1v) is 19.8. The molecule has 0 amide bonds. The molecule has 10 rings (SSSR count). The van der Waals surface area contributed by atoms with E-state index in [2.05, 4.69) is 146 Å². The Morgan fingerprint density at radius 1 is 0.588 bits per heavy atom. The fourth-order valence-electron chi connectivity index (χ4n) is 11.1. The fourth-order valence-corrected chi connectivity index (χ4v) is 11.1. The first kappa shape index (κ1) is 31.1. The zero-order valence-corrected chi connectivity index (χ0v) is 30.2. The van der Waals surface area contributed by atoms with Gasteiger partial charge in [0.2, 0.25) is 0 Å². The van der Waals surface area contributed by atoms with Crippen LogP contribution in [0, 0.1) is 11.8 Å². The van der Waals surface area contributed by atoms with Crippen molar-refractivity contribution in [1.29, 1.82) is 0 Å². The Bertz CT molecular complexity index is 2230. The van der Waals surface area contributed by atoms with Gasteiger partial charge in [0.15, 0.2) is 0 Å². The molecule has 3 fully saturated rings. The van der Waals surface area contributed by atoms with Crippen molar-refractivity contribution in [3.05, 3.63) is 150 Å². The Morgan fingerprint density at radius 2 is 1.33 bits per heavy atom. The summed E-state index contributed by atoms with van der Waals surface area (Å²) in [6.45, 7) is 4.86. The van der Waals surface area contributed by atoms with E-state index in [4.69, 9.17) is 0 Å². The SMILES string of the molecule is CC1(C)c2cc(N(c3ccc(C4CC5CCC4C5)cc3)c3cccc4cccc(C5CCCCC5)c34)ccc2-c2cccc(-c3ccccc3)c21. The van der Waals surface area contributed by atoms with E-state index in [-0.39, 0.29) is 5.41 Å². The highest BCUT2D eigenvalue weighted by Crippen LogP contribution is 2.55. The molecule has 0 aliphatic heterocycles. The van der Waals surface area contributed by atoms with Crippen LogP contribution in [0.4, 0.5) is 17.1 Å². The van der Waals surface area contributed by atoms with Crippen LogP contribution in [-0.4, -0.2) is 0 Å². The Morgan fingerprint density at radius 3 is 2.10 bits per heavy atom. The van der Waals surface area contributed by atoms with Crippen LogP contribution < -0.4 is 4.90 Å². The molecule has 3 saturated carbocycles. The number of benzene rings is 6. The number of hydrogen-bond acceptors (Lipinski definition) is 1. The zero-order chi connectivity index (χ0) is 34.1. The van der Waals surface area contributed by atoms with Crippen LogP contribution in [0.15, 0.2) is 127 Å². The van der Waals surface area contributed by atoms with Gasteiger partial charge < -0.3 is 4.90 Å². The van der Waals surface area contributed by atoms with Crippen LogP contribution in [0.3, 0.4) is 0 Å². The van der Waals surface area contributed by atoms with Crippen molar-refractivity contribution < 1.29 is 0 Å². The van der Waals surface area contributed by atoms with Crippen LogP contribution in [0.5, 0.6) is 0 Å². The van der Waals surface area contributed by atoms with E-state index in [0.29, 0.717) is 5.92 Å². The molecule has 4 aliphatic carbocycles. The molecule has 0 heterocycles. The lowest BCUT2D eigenvalue weighted by atomic mass is 9.78. The molecule has 1 nitrogen and oxygen atoms in total. The molecule has 0 saturated heterocycles. The molecule has 2 bridgehead atoms. The summed E-state index contributed by atoms with van der Waals surface area (Å²) in [5, 5.41) is 2.78. The van der Waals surface area contributed by atoms with Gasteiger partial charge in [0, 0.05) is 22.2 Å². The van der Waals surface area contributed by atoms with Gasteiger partial charge in [0.05, 0.1) is 5.69 Å². The summed E-state index contributed by atoms with van der Waals surface area (Å²) in [6.07, 6.45) is 12.3. The second kappa shape index (κ2) is 12.3. The summed E-state index contributed by atoms with van der Waals surface area (Å²) in [5.74, 6) is 3.19. The minimum absolute atomic E-state index is 0.142. The molecule has 6 aromatic carbocycles. The first-order chi connectivity index (χ1) is 25.0. The van der Waals surface area contributed by atoms with E-state index in [9.17, 15) is 0 Å². The van der Waals surface area contributed by atoms with E-state index in [0.717, 1.165) is 17.8 Å². The molecule has 0 radical (unpaired) electrons. The van der Waals surface area contributed by atoms with Crippen LogP contribution in [0.2, 0.25) is 0 Å². The average Bonchev–Trinajstić information content (AvgIpc) is 3.89. The first-order valence-electron chi connectivity index (χ1n) is 19.8. The van der Waals surface area contributed by atoms with Crippen LogP contribution in [0.1, 0.15) is 106 Å². The molecular weight excluding hydrogens is 615 g/mol. The number of anilines is 3. The third kappa shape index (κ3) is 5.10. The maximum Gasteiger partial charge on any atom is 0.0542 e. The third-order valence-electron chi connectivity index (χ3n) is 13.5. The topological polar surface area (TPSA) is 3.24 Å². The van der Waals surface area contributed by atoms with Crippen LogP contribution >= 0.6 is 0 Å². The van der Waals surface area contributed by atoms with Crippen molar-refractivity contribution in [2.24, 2.45) is 11.8 Å². The van der Waals surface area contributed by atoms with E-state index < -0.39 is 0 Å². The summed E-state index contributed by atoms with van der Waals surface area (Å²) in [4.78, 5) is 2.59. The van der Waals surface area contributed by atoms with Crippen molar-refractivity contribution in [3.8, 4) is 22.3 Å². The normalized spacial score (nSPS) is 21.9. The second-order valence-corrected chi connectivity index (χ2v) is 16.7. The van der Waals surface area contributed by atoms with Gasteiger partial charge in [-0.05, 0) is 136 Å². The highest BCUT2D eigenvalue weighted by atomic mass is 15.1. The predicted octanol–water partition coefficient (Wildman–Crippen LogP) is 14.2. The van der Waals surface area contributed by atoms with Gasteiger partial charge in [-0.2, -0.15) is 0 Å². The number of fused-ring (bicyclic) bond motifs is 6. The Hall–Kier alpha value is -4.62. The van der Waals surface area contributed by atoms with Gasteiger partial charge in [0.1, 0.15) is 0 Å². The summed E-state index contributed by atoms with van der Waals surface area (Å²) in [6, 6.07) is 49.0. The van der Waals surface area contributed by atoms with Crippen molar-refractivity contribution >= 4 is 27.8 Å². The van der Waals surface area contributed by atoms with E-state index >= 15 is 0 Å². The molecule has 1 heteroatoms. The van der Waals surface area contributed by atoms with Gasteiger partial charge in [-0.1, -0.05) is 137 Å². The lowest BCUT2D eigenvalue weighted by molar-refractivity contribution is 0.420. The number of hydrogen-bond donors (Lipinski definition) is 0. The summed E-state index contributed by atoms with van der Waals surface area (Å²) in [7, 11) is 0. The maximum atomic E-state index is 2.59. The van der Waals surface area contributed by atoms with Crippen LogP contribution in [-0.2, 0) is 5.41 Å². The zero-order valence-electron chi connectivity index (χ0n) is 30.2. The smallest absolute Gasteiger partial charge is 0.0542 e. The molecular formula is C50H49N. The number of nitrogens with zero attached hydrogens (tertiary/aromatic N) is 1. The lowest BCUT2D eigenvalue weighted by Gasteiger charge is -2.31. The van der Waals surface area contributed by atoms with Gasteiger partial charge in [-0.25, -0.2) is 0 Å². The van der Waals surface area contributed by atoms with E-state index in [1.807, 2.05) is 0 Å². The molecule has 3 unspecified atom stereocenters. The minimum atomic E-state index is -0.142. The Labute approximate surface area is 304 Å². The minimum Gasteiger partial charge on any atom is -0.310 e. The highest BCUT2D eigenvalue weighted by Gasteiger charge is 2.41.